The first-order valence-electron chi connectivity index (χ1n) is 9.94. The van der Waals surface area contributed by atoms with Gasteiger partial charge in [-0.1, -0.05) is 18.3 Å². The van der Waals surface area contributed by atoms with Gasteiger partial charge >= 0.3 is 17.0 Å². The predicted octanol–water partition coefficient (Wildman–Crippen LogP) is 2.14. The number of carboxylic acid groups (broad SMARTS) is 1. The van der Waals surface area contributed by atoms with E-state index < -0.39 is 51.1 Å². The smallest absolute Gasteiger partial charge is 0.485 e. The van der Waals surface area contributed by atoms with E-state index in [4.69, 9.17) is 13.0 Å². The first-order valence-corrected chi connectivity index (χ1v) is 13.0. The topological polar surface area (TPSA) is 144 Å². The molecule has 4 rings (SSSR count). The standard InChI is InChI=1S/C17H16F3N3O4S2.CHF3O3S/c1-6-9(12(16(26)27)23-11(6)10(7(2)24)13(23)25)8-4-22-5-21(3)14(15(22)28-8)29-17(18,19)20;2-1(3,4)8(5,6)7/h4-7,10-11,24H,1-3H3;(H,5,6,7)/t6-,7+,10+,11+;/m0./s1. The van der Waals surface area contributed by atoms with E-state index in [2.05, 4.69) is 0 Å². The van der Waals surface area contributed by atoms with Crippen molar-refractivity contribution in [3.8, 4) is 0 Å². The largest absolute Gasteiger partial charge is 0.741 e. The van der Waals surface area contributed by atoms with Gasteiger partial charge in [-0.2, -0.15) is 30.7 Å². The summed E-state index contributed by atoms with van der Waals surface area (Å²) in [6.07, 6.45) is 2.15. The summed E-state index contributed by atoms with van der Waals surface area (Å²) in [5, 5.41) is 19.6. The molecule has 2 aromatic rings. The molecule has 1 saturated heterocycles. The Kier molecular flexibility index (Phi) is 7.45. The number of halogens is 6. The molecule has 206 valence electrons. The van der Waals surface area contributed by atoms with Gasteiger partial charge in [0.05, 0.1) is 30.0 Å². The number of thiazole rings is 1. The predicted molar refractivity (Wildman–Crippen MR) is 114 cm³/mol. The maximum atomic E-state index is 12.9. The van der Waals surface area contributed by atoms with Crippen LogP contribution in [0.5, 0.6) is 0 Å². The Morgan fingerprint density at radius 2 is 1.81 bits per heavy atom. The van der Waals surface area contributed by atoms with Crippen LogP contribution in [0.4, 0.5) is 26.3 Å². The highest BCUT2D eigenvalue weighted by atomic mass is 32.2. The number of thioether (sulfide) groups is 1. The third-order valence-electron chi connectivity index (χ3n) is 5.63. The minimum Gasteiger partial charge on any atom is -0.741 e. The van der Waals surface area contributed by atoms with Gasteiger partial charge in [-0.25, -0.2) is 17.8 Å². The van der Waals surface area contributed by atoms with Gasteiger partial charge in [0.15, 0.2) is 10.1 Å². The zero-order valence-electron chi connectivity index (χ0n) is 18.7. The zero-order chi connectivity index (χ0) is 28.4. The molecule has 0 aromatic carbocycles. The number of hydrogen-bond donors (Lipinski definition) is 2. The van der Waals surface area contributed by atoms with Crippen molar-refractivity contribution in [3.63, 3.8) is 0 Å². The van der Waals surface area contributed by atoms with Crippen LogP contribution in [0.15, 0.2) is 23.2 Å². The second-order valence-corrected chi connectivity index (χ2v) is 11.6. The minimum atomic E-state index is -6.09. The van der Waals surface area contributed by atoms with Gasteiger partial charge in [0.25, 0.3) is 0 Å². The number of aliphatic hydroxyl groups excluding tert-OH is 1. The molecule has 19 heteroatoms. The number of amides is 1. The van der Waals surface area contributed by atoms with Crippen LogP contribution in [0.2, 0.25) is 0 Å². The average Bonchev–Trinajstić information content (AvgIpc) is 3.28. The number of β-lactam (4-membered cyclic amide) rings is 1. The van der Waals surface area contributed by atoms with Gasteiger partial charge in [-0.05, 0) is 6.92 Å². The van der Waals surface area contributed by atoms with Crippen LogP contribution < -0.4 is 4.40 Å². The van der Waals surface area contributed by atoms with Crippen LogP contribution in [0.3, 0.4) is 0 Å². The van der Waals surface area contributed by atoms with Crippen molar-refractivity contribution in [2.75, 3.05) is 0 Å². The van der Waals surface area contributed by atoms with E-state index in [1.165, 1.54) is 34.2 Å². The highest BCUT2D eigenvalue weighted by Gasteiger charge is 2.60. The Morgan fingerprint density at radius 1 is 1.27 bits per heavy atom. The van der Waals surface area contributed by atoms with E-state index in [0.717, 1.165) is 11.3 Å². The fourth-order valence-electron chi connectivity index (χ4n) is 4.24. The lowest BCUT2D eigenvalue weighted by Gasteiger charge is -2.46. The second kappa shape index (κ2) is 9.44. The molecule has 10 nitrogen and oxygen atoms in total. The van der Waals surface area contributed by atoms with E-state index in [0.29, 0.717) is 15.3 Å². The monoisotopic (exact) mass is 597 g/mol. The van der Waals surface area contributed by atoms with Gasteiger partial charge in [0, 0.05) is 23.3 Å². The fourth-order valence-corrected chi connectivity index (χ4v) is 6.30. The molecule has 37 heavy (non-hydrogen) atoms. The van der Waals surface area contributed by atoms with Gasteiger partial charge in [0.1, 0.15) is 11.9 Å². The normalized spacial score (nSPS) is 23.1. The molecule has 0 bridgehead atoms. The number of rotatable bonds is 4. The minimum absolute atomic E-state index is 0.00177. The molecule has 0 unspecified atom stereocenters. The summed E-state index contributed by atoms with van der Waals surface area (Å²) in [4.78, 5) is 26.4. The van der Waals surface area contributed by atoms with Crippen molar-refractivity contribution in [2.45, 2.75) is 42.0 Å². The van der Waals surface area contributed by atoms with E-state index >= 15 is 0 Å². The Hall–Kier alpha value is -2.35. The molecule has 2 aromatic heterocycles. The number of aryl methyl sites for hydroxylation is 1. The second-order valence-electron chi connectivity index (χ2n) is 8.11. The van der Waals surface area contributed by atoms with Gasteiger partial charge in [0.2, 0.25) is 22.1 Å². The number of hydrogen-bond acceptors (Lipinski definition) is 8. The lowest BCUT2D eigenvalue weighted by molar-refractivity contribution is -0.508. The molecule has 1 fully saturated rings. The number of fused-ring (bicyclic) bond motifs is 2. The third kappa shape index (κ3) is 5.31. The van der Waals surface area contributed by atoms with Crippen LogP contribution in [-0.2, 0) is 26.8 Å². The SMILES string of the molecule is C[C@@H](O)[C@H]1C(=O)N2C(C(=O)O)=C(c3c[n+]4cn(C)c(SC(F)(F)F)c4s3)[C@H](C)[C@H]12.O=S(=O)([O-])C(F)(F)F. The molecule has 0 saturated carbocycles. The number of aliphatic carboxylic acids is 1. The van der Waals surface area contributed by atoms with Crippen LogP contribution in [0.1, 0.15) is 18.7 Å². The highest BCUT2D eigenvalue weighted by molar-refractivity contribution is 8.00. The van der Waals surface area contributed by atoms with E-state index in [1.807, 2.05) is 0 Å². The first-order chi connectivity index (χ1) is 16.7. The summed E-state index contributed by atoms with van der Waals surface area (Å²) in [6, 6.07) is -0.481. The third-order valence-corrected chi connectivity index (χ3v) is 8.38. The lowest BCUT2D eigenvalue weighted by Crippen LogP contribution is -2.63. The number of aliphatic hydroxyl groups is 1. The van der Waals surface area contributed by atoms with Gasteiger partial charge < -0.3 is 19.7 Å². The van der Waals surface area contributed by atoms with Crippen molar-refractivity contribution in [3.05, 3.63) is 23.1 Å². The molecule has 2 N–H and O–H groups in total. The molecular weight excluding hydrogens is 580 g/mol. The molecular formula is C18H17F6N3O7S3. The molecule has 4 heterocycles. The number of alkyl halides is 6. The molecule has 0 spiro atoms. The first kappa shape index (κ1) is 29.2. The average molecular weight is 598 g/mol. The molecule has 0 aliphatic carbocycles. The summed E-state index contributed by atoms with van der Waals surface area (Å²) in [7, 11) is -4.58. The summed E-state index contributed by atoms with van der Waals surface area (Å²) in [5.41, 5.74) is -9.87. The summed E-state index contributed by atoms with van der Waals surface area (Å²) in [6.45, 7) is 3.26. The molecule has 0 radical (unpaired) electrons. The van der Waals surface area contributed by atoms with Crippen molar-refractivity contribution < 1.29 is 63.5 Å². The summed E-state index contributed by atoms with van der Waals surface area (Å²) in [5.74, 6) is -2.81. The van der Waals surface area contributed by atoms with Crippen molar-refractivity contribution in [1.29, 1.82) is 0 Å². The number of carboxylic acids is 1. The Morgan fingerprint density at radius 3 is 2.24 bits per heavy atom. The van der Waals surface area contributed by atoms with Crippen molar-refractivity contribution in [2.24, 2.45) is 18.9 Å². The van der Waals surface area contributed by atoms with Gasteiger partial charge in [-0.3, -0.25) is 4.79 Å². The fraction of sp³-hybridized carbons (Fsp3) is 0.500. The van der Waals surface area contributed by atoms with Crippen molar-refractivity contribution >= 4 is 55.5 Å². The van der Waals surface area contributed by atoms with Gasteiger partial charge in [-0.15, -0.1) is 0 Å². The van der Waals surface area contributed by atoms with Crippen LogP contribution in [0.25, 0.3) is 10.4 Å². The van der Waals surface area contributed by atoms with Crippen LogP contribution >= 0.6 is 23.1 Å². The zero-order valence-corrected chi connectivity index (χ0v) is 21.2. The Bertz CT molecular complexity index is 1390. The quantitative estimate of drug-likeness (QED) is 0.136. The molecule has 1 amide bonds. The number of aromatic nitrogens is 2. The number of nitrogens with zero attached hydrogens (tertiary/aromatic N) is 3. The maximum absolute atomic E-state index is 12.9. The molecule has 2 aliphatic heterocycles. The van der Waals surface area contributed by atoms with E-state index in [1.54, 1.807) is 13.1 Å². The van der Waals surface area contributed by atoms with Crippen molar-refractivity contribution in [1.82, 2.24) is 9.47 Å². The number of imidazole rings is 1. The van der Waals surface area contributed by atoms with Crippen LogP contribution in [0, 0.1) is 11.8 Å². The Labute approximate surface area is 212 Å². The van der Waals surface area contributed by atoms with Crippen LogP contribution in [-0.4, -0.2) is 67.7 Å². The number of carbonyl (C=O) groups excluding carboxylic acids is 1. The highest BCUT2D eigenvalue weighted by Crippen LogP contribution is 2.51. The summed E-state index contributed by atoms with van der Waals surface area (Å²) < 4.78 is 101. The molecule has 4 atom stereocenters. The van der Waals surface area contributed by atoms with E-state index in [9.17, 15) is 46.1 Å². The maximum Gasteiger partial charge on any atom is 0.485 e. The van der Waals surface area contributed by atoms with E-state index in [-0.39, 0.29) is 28.4 Å². The summed E-state index contributed by atoms with van der Waals surface area (Å²) >= 11 is 0.818. The molecule has 2 aliphatic rings. The number of carbonyl (C=O) groups is 2. The Balaban J connectivity index is 0.000000414. The lowest BCUT2D eigenvalue weighted by atomic mass is 9.77.